The quantitative estimate of drug-likeness (QED) is 0.511. The summed E-state index contributed by atoms with van der Waals surface area (Å²) in [7, 11) is 3.47. The SMILES string of the molecule is COc1ccc2nc(N(Cc3ccccc3)C(=O)c3cc(C)n(C)n3)sc2c1. The molecule has 0 atom stereocenters. The van der Waals surface area contributed by atoms with Crippen LogP contribution in [0.5, 0.6) is 5.75 Å². The smallest absolute Gasteiger partial charge is 0.280 e. The van der Waals surface area contributed by atoms with Gasteiger partial charge in [-0.2, -0.15) is 5.10 Å². The summed E-state index contributed by atoms with van der Waals surface area (Å²) in [6.45, 7) is 2.35. The van der Waals surface area contributed by atoms with Crippen LogP contribution in [-0.2, 0) is 13.6 Å². The van der Waals surface area contributed by atoms with E-state index in [1.165, 1.54) is 11.3 Å². The molecule has 4 aromatic rings. The minimum atomic E-state index is -0.168. The molecule has 7 heteroatoms. The Morgan fingerprint density at radius 3 is 2.64 bits per heavy atom. The summed E-state index contributed by atoms with van der Waals surface area (Å²) in [5.74, 6) is 0.600. The number of hydrogen-bond acceptors (Lipinski definition) is 5. The zero-order valence-electron chi connectivity index (χ0n) is 15.9. The number of fused-ring (bicyclic) bond motifs is 1. The molecule has 0 bridgehead atoms. The van der Waals surface area contributed by atoms with Crippen molar-refractivity contribution in [2.45, 2.75) is 13.5 Å². The molecule has 2 heterocycles. The Balaban J connectivity index is 1.76. The molecule has 2 aromatic carbocycles. The molecule has 0 spiro atoms. The van der Waals surface area contributed by atoms with Crippen molar-refractivity contribution in [1.29, 1.82) is 0 Å². The fourth-order valence-electron chi connectivity index (χ4n) is 2.93. The maximum absolute atomic E-state index is 13.3. The lowest BCUT2D eigenvalue weighted by molar-refractivity contribution is 0.0979. The van der Waals surface area contributed by atoms with E-state index < -0.39 is 0 Å². The van der Waals surface area contributed by atoms with Gasteiger partial charge in [0.15, 0.2) is 10.8 Å². The summed E-state index contributed by atoms with van der Waals surface area (Å²) >= 11 is 1.47. The number of hydrogen-bond donors (Lipinski definition) is 0. The van der Waals surface area contributed by atoms with Gasteiger partial charge in [0.2, 0.25) is 0 Å². The molecule has 0 N–H and O–H groups in total. The zero-order chi connectivity index (χ0) is 19.7. The van der Waals surface area contributed by atoms with Crippen molar-refractivity contribution < 1.29 is 9.53 Å². The van der Waals surface area contributed by atoms with E-state index >= 15 is 0 Å². The highest BCUT2D eigenvalue weighted by molar-refractivity contribution is 7.22. The Morgan fingerprint density at radius 1 is 1.18 bits per heavy atom. The van der Waals surface area contributed by atoms with E-state index in [1.807, 2.05) is 62.5 Å². The van der Waals surface area contributed by atoms with E-state index in [1.54, 1.807) is 22.8 Å². The van der Waals surface area contributed by atoms with Gasteiger partial charge in [0, 0.05) is 12.7 Å². The number of methoxy groups -OCH3 is 1. The fraction of sp³-hybridized carbons (Fsp3) is 0.190. The molecule has 6 nitrogen and oxygen atoms in total. The molecule has 2 aromatic heterocycles. The Hall–Kier alpha value is -3.19. The molecule has 0 aliphatic carbocycles. The summed E-state index contributed by atoms with van der Waals surface area (Å²) in [5, 5.41) is 5.00. The Kier molecular flexibility index (Phi) is 4.83. The third kappa shape index (κ3) is 3.48. The Labute approximate surface area is 167 Å². The summed E-state index contributed by atoms with van der Waals surface area (Å²) in [6.07, 6.45) is 0. The lowest BCUT2D eigenvalue weighted by Crippen LogP contribution is -2.30. The van der Waals surface area contributed by atoms with Crippen molar-refractivity contribution in [3.8, 4) is 5.75 Å². The predicted molar refractivity (Wildman–Crippen MR) is 111 cm³/mol. The molecule has 0 radical (unpaired) electrons. The van der Waals surface area contributed by atoms with E-state index in [4.69, 9.17) is 9.72 Å². The summed E-state index contributed by atoms with van der Waals surface area (Å²) in [5.41, 5.74) is 3.20. The lowest BCUT2D eigenvalue weighted by Gasteiger charge is -2.19. The van der Waals surface area contributed by atoms with Crippen LogP contribution in [0.4, 0.5) is 5.13 Å². The number of anilines is 1. The van der Waals surface area contributed by atoms with E-state index in [2.05, 4.69) is 5.10 Å². The molecule has 0 aliphatic heterocycles. The average molecular weight is 392 g/mol. The number of aromatic nitrogens is 3. The second kappa shape index (κ2) is 7.44. The van der Waals surface area contributed by atoms with Gasteiger partial charge >= 0.3 is 0 Å². The molecular weight excluding hydrogens is 372 g/mol. The number of ether oxygens (including phenoxy) is 1. The van der Waals surface area contributed by atoms with Crippen molar-refractivity contribution in [3.63, 3.8) is 0 Å². The van der Waals surface area contributed by atoms with Crippen molar-refractivity contribution in [1.82, 2.24) is 14.8 Å². The Morgan fingerprint density at radius 2 is 1.96 bits per heavy atom. The van der Waals surface area contributed by atoms with Crippen LogP contribution in [0.15, 0.2) is 54.6 Å². The number of carbonyl (C=O) groups is 1. The number of thiazole rings is 1. The Bertz CT molecular complexity index is 1110. The minimum Gasteiger partial charge on any atom is -0.497 e. The van der Waals surface area contributed by atoms with Gasteiger partial charge < -0.3 is 4.74 Å². The number of nitrogens with zero attached hydrogens (tertiary/aromatic N) is 4. The van der Waals surface area contributed by atoms with Crippen molar-refractivity contribution in [3.05, 3.63) is 71.5 Å². The normalized spacial score (nSPS) is 11.0. The highest BCUT2D eigenvalue weighted by Crippen LogP contribution is 2.33. The van der Waals surface area contributed by atoms with Gasteiger partial charge in [-0.15, -0.1) is 0 Å². The summed E-state index contributed by atoms with van der Waals surface area (Å²) in [4.78, 5) is 19.7. The van der Waals surface area contributed by atoms with Gasteiger partial charge in [-0.3, -0.25) is 14.4 Å². The summed E-state index contributed by atoms with van der Waals surface area (Å²) < 4.78 is 7.98. The summed E-state index contributed by atoms with van der Waals surface area (Å²) in [6, 6.07) is 17.4. The molecule has 1 amide bonds. The number of amides is 1. The van der Waals surface area contributed by atoms with Gasteiger partial charge in [-0.1, -0.05) is 41.7 Å². The lowest BCUT2D eigenvalue weighted by atomic mass is 10.2. The van der Waals surface area contributed by atoms with E-state index in [0.717, 1.165) is 27.2 Å². The molecular formula is C21H20N4O2S. The number of aryl methyl sites for hydroxylation is 2. The van der Waals surface area contributed by atoms with Crippen LogP contribution in [-0.4, -0.2) is 27.8 Å². The molecule has 0 fully saturated rings. The van der Waals surface area contributed by atoms with Crippen molar-refractivity contribution in [2.75, 3.05) is 12.0 Å². The van der Waals surface area contributed by atoms with E-state index in [0.29, 0.717) is 17.4 Å². The van der Waals surface area contributed by atoms with Gasteiger partial charge in [0.1, 0.15) is 5.75 Å². The van der Waals surface area contributed by atoms with Crippen LogP contribution in [0.3, 0.4) is 0 Å². The zero-order valence-corrected chi connectivity index (χ0v) is 16.7. The first-order valence-corrected chi connectivity index (χ1v) is 9.68. The van der Waals surface area contributed by atoms with Gasteiger partial charge in [0.05, 0.1) is 23.9 Å². The monoisotopic (exact) mass is 392 g/mol. The molecule has 142 valence electrons. The second-order valence-corrected chi connectivity index (χ2v) is 7.51. The first kappa shape index (κ1) is 18.2. The predicted octanol–water partition coefficient (Wildman–Crippen LogP) is 4.19. The molecule has 28 heavy (non-hydrogen) atoms. The van der Waals surface area contributed by atoms with Crippen LogP contribution in [0.1, 0.15) is 21.7 Å². The highest BCUT2D eigenvalue weighted by atomic mass is 32.1. The van der Waals surface area contributed by atoms with Crippen LogP contribution < -0.4 is 9.64 Å². The van der Waals surface area contributed by atoms with Crippen LogP contribution in [0.2, 0.25) is 0 Å². The van der Waals surface area contributed by atoms with Gasteiger partial charge in [-0.25, -0.2) is 4.98 Å². The first-order valence-electron chi connectivity index (χ1n) is 8.86. The maximum Gasteiger partial charge on any atom is 0.280 e. The van der Waals surface area contributed by atoms with Crippen LogP contribution >= 0.6 is 11.3 Å². The van der Waals surface area contributed by atoms with Crippen molar-refractivity contribution in [2.24, 2.45) is 7.05 Å². The maximum atomic E-state index is 13.3. The fourth-order valence-corrected chi connectivity index (χ4v) is 3.92. The molecule has 0 unspecified atom stereocenters. The number of rotatable bonds is 5. The van der Waals surface area contributed by atoms with Crippen LogP contribution in [0, 0.1) is 6.92 Å². The third-order valence-corrected chi connectivity index (χ3v) is 5.62. The third-order valence-electron chi connectivity index (χ3n) is 4.58. The van der Waals surface area contributed by atoms with Gasteiger partial charge in [-0.05, 0) is 36.8 Å². The number of carbonyl (C=O) groups excluding carboxylic acids is 1. The van der Waals surface area contributed by atoms with Crippen LogP contribution in [0.25, 0.3) is 10.2 Å². The van der Waals surface area contributed by atoms with E-state index in [9.17, 15) is 4.79 Å². The first-order chi connectivity index (χ1) is 13.5. The molecule has 0 saturated carbocycles. The topological polar surface area (TPSA) is 60.2 Å². The standard InChI is InChI=1S/C21H20N4O2S/c1-14-11-18(23-24(14)2)20(26)25(13-15-7-5-4-6-8-15)21-22-17-10-9-16(27-3)12-19(17)28-21/h4-12H,13H2,1-3H3. The number of benzene rings is 2. The highest BCUT2D eigenvalue weighted by Gasteiger charge is 2.24. The largest absolute Gasteiger partial charge is 0.497 e. The van der Waals surface area contributed by atoms with Crippen molar-refractivity contribution >= 4 is 32.6 Å². The minimum absolute atomic E-state index is 0.168. The average Bonchev–Trinajstić information content (AvgIpc) is 3.28. The molecule has 4 rings (SSSR count). The second-order valence-electron chi connectivity index (χ2n) is 6.50. The molecule has 0 aliphatic rings. The van der Waals surface area contributed by atoms with Gasteiger partial charge in [0.25, 0.3) is 5.91 Å². The molecule has 0 saturated heterocycles. The van der Waals surface area contributed by atoms with E-state index in [-0.39, 0.29) is 5.91 Å².